The average molecular weight is 295 g/mol. The van der Waals surface area contributed by atoms with Gasteiger partial charge in [0.15, 0.2) is 0 Å². The first-order valence-corrected chi connectivity index (χ1v) is 6.47. The Bertz CT molecular complexity index is 604. The molecule has 1 N–H and O–H groups in total. The normalized spacial score (nSPS) is 9.81. The van der Waals surface area contributed by atoms with Crippen molar-refractivity contribution in [3.63, 3.8) is 0 Å². The van der Waals surface area contributed by atoms with Gasteiger partial charge in [-0.15, -0.1) is 11.3 Å². The zero-order valence-electron chi connectivity index (χ0n) is 8.16. The summed E-state index contributed by atoms with van der Waals surface area (Å²) >= 11 is 4.51. The van der Waals surface area contributed by atoms with Crippen molar-refractivity contribution in [2.75, 3.05) is 5.33 Å². The van der Waals surface area contributed by atoms with Crippen molar-refractivity contribution < 1.29 is 9.90 Å². The van der Waals surface area contributed by atoms with Gasteiger partial charge in [-0.2, -0.15) is 0 Å². The van der Waals surface area contributed by atoms with Crippen LogP contribution in [0.4, 0.5) is 0 Å². The first-order chi connectivity index (χ1) is 7.72. The molecule has 1 heterocycles. The van der Waals surface area contributed by atoms with Crippen molar-refractivity contribution >= 4 is 43.3 Å². The van der Waals surface area contributed by atoms with Crippen molar-refractivity contribution in [3.8, 4) is 11.8 Å². The molecule has 0 saturated heterocycles. The molecule has 2 aromatic rings. The smallest absolute Gasteiger partial charge is 0.345 e. The number of carboxylic acid groups (broad SMARTS) is 1. The molecule has 0 bridgehead atoms. The van der Waals surface area contributed by atoms with E-state index in [9.17, 15) is 4.79 Å². The van der Waals surface area contributed by atoms with Gasteiger partial charge < -0.3 is 5.11 Å². The molecule has 4 heteroatoms. The van der Waals surface area contributed by atoms with Gasteiger partial charge in [-0.1, -0.05) is 33.8 Å². The van der Waals surface area contributed by atoms with E-state index in [0.717, 1.165) is 15.6 Å². The first-order valence-electron chi connectivity index (χ1n) is 4.53. The molecule has 2 nitrogen and oxygen atoms in total. The van der Waals surface area contributed by atoms with Crippen LogP contribution in [-0.2, 0) is 0 Å². The lowest BCUT2D eigenvalue weighted by Crippen LogP contribution is -1.89. The quantitative estimate of drug-likeness (QED) is 0.647. The van der Waals surface area contributed by atoms with Crippen LogP contribution in [0.1, 0.15) is 15.2 Å². The third kappa shape index (κ3) is 2.11. The van der Waals surface area contributed by atoms with E-state index in [1.54, 1.807) is 6.07 Å². The number of rotatable bonds is 1. The zero-order chi connectivity index (χ0) is 11.5. The maximum absolute atomic E-state index is 10.9. The van der Waals surface area contributed by atoms with Crippen LogP contribution in [0.3, 0.4) is 0 Å². The van der Waals surface area contributed by atoms with Gasteiger partial charge in [0.05, 0.1) is 5.33 Å². The molecule has 0 radical (unpaired) electrons. The summed E-state index contributed by atoms with van der Waals surface area (Å²) in [5.41, 5.74) is 0.876. The van der Waals surface area contributed by atoms with Crippen LogP contribution in [0, 0.1) is 11.8 Å². The maximum Gasteiger partial charge on any atom is 0.345 e. The molecule has 80 valence electrons. The molecule has 1 aromatic heterocycles. The van der Waals surface area contributed by atoms with Crippen molar-refractivity contribution in [3.05, 3.63) is 34.7 Å². The molecule has 0 aliphatic rings. The summed E-state index contributed by atoms with van der Waals surface area (Å²) in [4.78, 5) is 11.2. The summed E-state index contributed by atoms with van der Waals surface area (Å²) in [5, 5.41) is 10.4. The Balaban J connectivity index is 2.63. The summed E-state index contributed by atoms with van der Waals surface area (Å²) in [7, 11) is 0. The minimum absolute atomic E-state index is 0.350. The van der Waals surface area contributed by atoms with Gasteiger partial charge in [0, 0.05) is 15.6 Å². The van der Waals surface area contributed by atoms with E-state index in [4.69, 9.17) is 5.11 Å². The molecule has 0 atom stereocenters. The standard InChI is InChI=1S/C12H7BrO2S/c13-6-2-4-8-3-1-5-10-9(8)7-11(16-10)12(14)15/h1,3,5,7H,6H2,(H,14,15). The average Bonchev–Trinajstić information content (AvgIpc) is 2.70. The molecule has 0 saturated carbocycles. The number of carboxylic acids is 1. The molecule has 0 aliphatic heterocycles. The molecule has 0 amide bonds. The highest BCUT2D eigenvalue weighted by Gasteiger charge is 2.09. The van der Waals surface area contributed by atoms with E-state index in [0.29, 0.717) is 10.2 Å². The van der Waals surface area contributed by atoms with Crippen molar-refractivity contribution in [1.82, 2.24) is 0 Å². The van der Waals surface area contributed by atoms with Crippen LogP contribution < -0.4 is 0 Å². The third-order valence-electron chi connectivity index (χ3n) is 2.06. The lowest BCUT2D eigenvalue weighted by molar-refractivity contribution is 0.0702. The topological polar surface area (TPSA) is 37.3 Å². The molecule has 0 aliphatic carbocycles. The SMILES string of the molecule is O=C(O)c1cc2c(C#CCBr)cccc2s1. The number of fused-ring (bicyclic) bond motifs is 1. The van der Waals surface area contributed by atoms with Crippen molar-refractivity contribution in [2.45, 2.75) is 0 Å². The van der Waals surface area contributed by atoms with Gasteiger partial charge in [-0.25, -0.2) is 4.79 Å². The second-order valence-electron chi connectivity index (χ2n) is 3.07. The molecule has 16 heavy (non-hydrogen) atoms. The number of hydrogen-bond acceptors (Lipinski definition) is 2. The number of hydrogen-bond donors (Lipinski definition) is 1. The van der Waals surface area contributed by atoms with Gasteiger partial charge in [0.25, 0.3) is 0 Å². The number of carbonyl (C=O) groups is 1. The van der Waals surface area contributed by atoms with E-state index < -0.39 is 5.97 Å². The number of alkyl halides is 1. The molecule has 2 rings (SSSR count). The van der Waals surface area contributed by atoms with Crippen LogP contribution in [0.2, 0.25) is 0 Å². The number of benzene rings is 1. The van der Waals surface area contributed by atoms with Gasteiger partial charge in [0.1, 0.15) is 4.88 Å². The van der Waals surface area contributed by atoms with Crippen LogP contribution >= 0.6 is 27.3 Å². The molecular weight excluding hydrogens is 288 g/mol. The Morgan fingerprint density at radius 3 is 3.00 bits per heavy atom. The first kappa shape index (κ1) is 11.2. The van der Waals surface area contributed by atoms with Gasteiger partial charge >= 0.3 is 5.97 Å². The summed E-state index contributed by atoms with van der Waals surface area (Å²) in [6.07, 6.45) is 0. The van der Waals surface area contributed by atoms with Gasteiger partial charge in [-0.05, 0) is 18.2 Å². The number of thiophene rings is 1. The fourth-order valence-corrected chi connectivity index (χ4v) is 2.47. The Kier molecular flexibility index (Phi) is 3.28. The second kappa shape index (κ2) is 4.69. The van der Waals surface area contributed by atoms with E-state index in [2.05, 4.69) is 27.8 Å². The zero-order valence-corrected chi connectivity index (χ0v) is 10.6. The van der Waals surface area contributed by atoms with Crippen LogP contribution in [0.5, 0.6) is 0 Å². The maximum atomic E-state index is 10.9. The van der Waals surface area contributed by atoms with E-state index in [-0.39, 0.29) is 0 Å². The van der Waals surface area contributed by atoms with Gasteiger partial charge in [-0.3, -0.25) is 0 Å². The van der Waals surface area contributed by atoms with Crippen LogP contribution in [0.15, 0.2) is 24.3 Å². The Morgan fingerprint density at radius 2 is 2.31 bits per heavy atom. The lowest BCUT2D eigenvalue weighted by Gasteiger charge is -1.92. The van der Waals surface area contributed by atoms with Crippen molar-refractivity contribution in [2.24, 2.45) is 0 Å². The molecule has 0 unspecified atom stereocenters. The lowest BCUT2D eigenvalue weighted by atomic mass is 10.1. The molecule has 0 fully saturated rings. The Hall–Kier alpha value is -1.31. The molecular formula is C12H7BrO2S. The third-order valence-corrected chi connectivity index (χ3v) is 3.43. The highest BCUT2D eigenvalue weighted by atomic mass is 79.9. The highest BCUT2D eigenvalue weighted by molar-refractivity contribution is 9.09. The minimum atomic E-state index is -0.888. The fourth-order valence-electron chi connectivity index (χ4n) is 1.40. The minimum Gasteiger partial charge on any atom is -0.477 e. The van der Waals surface area contributed by atoms with Gasteiger partial charge in [0.2, 0.25) is 0 Å². The number of aromatic carboxylic acids is 1. The monoisotopic (exact) mass is 294 g/mol. The Labute approximate surface area is 105 Å². The highest BCUT2D eigenvalue weighted by Crippen LogP contribution is 2.27. The van der Waals surface area contributed by atoms with E-state index in [1.165, 1.54) is 11.3 Å². The summed E-state index contributed by atoms with van der Waals surface area (Å²) in [6.45, 7) is 0. The predicted molar refractivity (Wildman–Crippen MR) is 69.5 cm³/mol. The fraction of sp³-hybridized carbons (Fsp3) is 0.0833. The summed E-state index contributed by atoms with van der Waals surface area (Å²) in [6, 6.07) is 7.38. The van der Waals surface area contributed by atoms with E-state index >= 15 is 0 Å². The van der Waals surface area contributed by atoms with Crippen LogP contribution in [-0.4, -0.2) is 16.4 Å². The molecule has 1 aromatic carbocycles. The summed E-state index contributed by atoms with van der Waals surface area (Å²) < 4.78 is 0.957. The Morgan fingerprint density at radius 1 is 1.50 bits per heavy atom. The van der Waals surface area contributed by atoms with E-state index in [1.807, 2.05) is 18.2 Å². The van der Waals surface area contributed by atoms with Crippen LogP contribution in [0.25, 0.3) is 10.1 Å². The second-order valence-corrected chi connectivity index (χ2v) is 4.71. The largest absolute Gasteiger partial charge is 0.477 e. The van der Waals surface area contributed by atoms with Crippen molar-refractivity contribution in [1.29, 1.82) is 0 Å². The number of halogens is 1. The predicted octanol–water partition coefficient (Wildman–Crippen LogP) is 3.35. The molecule has 0 spiro atoms. The summed E-state index contributed by atoms with van der Waals surface area (Å²) in [5.74, 6) is 5.04.